The lowest BCUT2D eigenvalue weighted by Gasteiger charge is -2.13. The van der Waals surface area contributed by atoms with Gasteiger partial charge in [-0.2, -0.15) is 0 Å². The molecule has 5 N–H and O–H groups in total. The highest BCUT2D eigenvalue weighted by molar-refractivity contribution is 8.15. The van der Waals surface area contributed by atoms with Gasteiger partial charge in [0.15, 0.2) is 5.17 Å². The van der Waals surface area contributed by atoms with E-state index in [1.54, 1.807) is 24.5 Å². The third-order valence-electron chi connectivity index (χ3n) is 4.27. The molecule has 1 aliphatic heterocycles. The van der Waals surface area contributed by atoms with Gasteiger partial charge in [-0.3, -0.25) is 19.8 Å². The number of amidine groups is 1. The van der Waals surface area contributed by atoms with E-state index in [2.05, 4.69) is 30.9 Å². The summed E-state index contributed by atoms with van der Waals surface area (Å²) in [4.78, 5) is 36.7. The van der Waals surface area contributed by atoms with Gasteiger partial charge in [-0.15, -0.1) is 0 Å². The van der Waals surface area contributed by atoms with E-state index in [1.807, 2.05) is 19.1 Å². The van der Waals surface area contributed by atoms with Crippen molar-refractivity contribution in [3.63, 3.8) is 0 Å². The number of para-hydroxylation sites is 1. The molecule has 164 valence electrons. The molecule has 0 radical (unpaired) electrons. The number of amides is 2. The fraction of sp³-hybridized carbons (Fsp3) is 0.316. The molecule has 0 spiro atoms. The van der Waals surface area contributed by atoms with E-state index in [4.69, 9.17) is 16.8 Å². The number of hydrogen-bond donors (Lipinski definition) is 5. The Morgan fingerprint density at radius 3 is 2.77 bits per heavy atom. The number of hydroxylamine groups is 1. The Labute approximate surface area is 188 Å². The number of anilines is 3. The molecule has 2 amide bonds. The van der Waals surface area contributed by atoms with Crippen molar-refractivity contribution in [3.8, 4) is 0 Å². The van der Waals surface area contributed by atoms with Gasteiger partial charge in [0.05, 0.1) is 17.3 Å². The standard InChI is InChI=1S/C19H22ClN7O3S/c1-10-4-3-5-12(20)17(10)26-18(29)13-9-22-19(31-13)25-15-8-14(23-11(2)24-15)21-7-6-16(28)27-30/h3-5,8,13,30H,6-7,9H2,1-2H3,(H,26,29)(H,27,28)(H2,21,22,23,24,25). The van der Waals surface area contributed by atoms with Gasteiger partial charge < -0.3 is 16.0 Å². The summed E-state index contributed by atoms with van der Waals surface area (Å²) in [5.74, 6) is 0.879. The third kappa shape index (κ3) is 6.29. The number of hydrogen-bond acceptors (Lipinski definition) is 9. The Morgan fingerprint density at radius 2 is 2.03 bits per heavy atom. The van der Waals surface area contributed by atoms with E-state index in [1.165, 1.54) is 11.8 Å². The summed E-state index contributed by atoms with van der Waals surface area (Å²) < 4.78 is 0. The molecule has 10 nitrogen and oxygen atoms in total. The maximum Gasteiger partial charge on any atom is 0.245 e. The number of carbonyl (C=O) groups excluding carboxylic acids is 2. The maximum atomic E-state index is 12.6. The minimum Gasteiger partial charge on any atom is -0.369 e. The van der Waals surface area contributed by atoms with Crippen LogP contribution in [0.25, 0.3) is 0 Å². The molecule has 2 heterocycles. The predicted octanol–water partition coefficient (Wildman–Crippen LogP) is 2.58. The number of aryl methyl sites for hydroxylation is 2. The quantitative estimate of drug-likeness (QED) is 0.311. The van der Waals surface area contributed by atoms with Crippen LogP contribution < -0.4 is 21.4 Å². The highest BCUT2D eigenvalue weighted by Crippen LogP contribution is 2.28. The average molecular weight is 464 g/mol. The molecule has 0 aliphatic carbocycles. The van der Waals surface area contributed by atoms with Crippen LogP contribution >= 0.6 is 23.4 Å². The predicted molar refractivity (Wildman–Crippen MR) is 122 cm³/mol. The van der Waals surface area contributed by atoms with Crippen molar-refractivity contribution in [2.45, 2.75) is 25.5 Å². The number of nitrogens with zero attached hydrogens (tertiary/aromatic N) is 3. The Kier molecular flexibility index (Phi) is 7.66. The van der Waals surface area contributed by atoms with E-state index in [0.29, 0.717) is 46.4 Å². The van der Waals surface area contributed by atoms with E-state index >= 15 is 0 Å². The number of rotatable bonds is 7. The molecule has 1 unspecified atom stereocenters. The summed E-state index contributed by atoms with van der Waals surface area (Å²) in [6.45, 7) is 4.24. The lowest BCUT2D eigenvalue weighted by atomic mass is 10.2. The summed E-state index contributed by atoms with van der Waals surface area (Å²) >= 11 is 7.49. The van der Waals surface area contributed by atoms with E-state index in [-0.39, 0.29) is 12.3 Å². The molecule has 1 atom stereocenters. The number of carbonyl (C=O) groups is 2. The largest absolute Gasteiger partial charge is 0.369 e. The summed E-state index contributed by atoms with van der Waals surface area (Å²) in [6.07, 6.45) is 0.0899. The molecule has 12 heteroatoms. The van der Waals surface area contributed by atoms with Crippen LogP contribution in [0.2, 0.25) is 5.02 Å². The van der Waals surface area contributed by atoms with E-state index in [0.717, 1.165) is 5.56 Å². The van der Waals surface area contributed by atoms with Gasteiger partial charge in [-0.25, -0.2) is 15.4 Å². The SMILES string of the molecule is Cc1nc(NCCC(=O)NO)cc(NC2=NCC(C(=O)Nc3c(C)cccc3Cl)S2)n1. The molecule has 1 aliphatic rings. The normalized spacial score (nSPS) is 15.2. The number of benzene rings is 1. The minimum absolute atomic E-state index is 0.0899. The first-order chi connectivity index (χ1) is 14.9. The monoisotopic (exact) mass is 463 g/mol. The molecule has 2 aromatic rings. The molecular weight excluding hydrogens is 442 g/mol. The van der Waals surface area contributed by atoms with Gasteiger partial charge in [0.1, 0.15) is 22.7 Å². The maximum absolute atomic E-state index is 12.6. The van der Waals surface area contributed by atoms with Crippen molar-refractivity contribution in [1.29, 1.82) is 0 Å². The second kappa shape index (κ2) is 10.4. The average Bonchev–Trinajstić information content (AvgIpc) is 3.18. The summed E-state index contributed by atoms with van der Waals surface area (Å²) in [6, 6.07) is 7.12. The second-order valence-corrected chi connectivity index (χ2v) is 8.29. The first kappa shape index (κ1) is 22.8. The van der Waals surface area contributed by atoms with Gasteiger partial charge in [0.25, 0.3) is 0 Å². The summed E-state index contributed by atoms with van der Waals surface area (Å²) in [7, 11) is 0. The van der Waals surface area contributed by atoms with Crippen LogP contribution in [0.5, 0.6) is 0 Å². The molecule has 3 rings (SSSR count). The summed E-state index contributed by atoms with van der Waals surface area (Å²) in [5.41, 5.74) is 3.06. The fourth-order valence-electron chi connectivity index (χ4n) is 2.77. The molecule has 0 saturated carbocycles. The van der Waals surface area contributed by atoms with E-state index < -0.39 is 11.2 Å². The Balaban J connectivity index is 1.57. The Hall–Kier alpha value is -2.89. The molecular formula is C19H22ClN7O3S. The number of aromatic nitrogens is 2. The number of aliphatic imine (C=N–C) groups is 1. The van der Waals surface area contributed by atoms with Gasteiger partial charge in [-0.05, 0) is 25.5 Å². The van der Waals surface area contributed by atoms with Crippen LogP contribution in [0.3, 0.4) is 0 Å². The molecule has 1 aromatic heterocycles. The van der Waals surface area contributed by atoms with Gasteiger partial charge in [0.2, 0.25) is 11.8 Å². The van der Waals surface area contributed by atoms with Crippen LogP contribution in [0.4, 0.5) is 17.3 Å². The fourth-order valence-corrected chi connectivity index (χ4v) is 3.93. The zero-order chi connectivity index (χ0) is 22.4. The molecule has 0 saturated heterocycles. The highest BCUT2D eigenvalue weighted by atomic mass is 35.5. The highest BCUT2D eigenvalue weighted by Gasteiger charge is 2.27. The second-order valence-electron chi connectivity index (χ2n) is 6.70. The van der Waals surface area contributed by atoms with Gasteiger partial charge >= 0.3 is 0 Å². The first-order valence-corrected chi connectivity index (χ1v) is 10.7. The smallest absolute Gasteiger partial charge is 0.245 e. The number of halogens is 1. The van der Waals surface area contributed by atoms with Crippen molar-refractivity contribution in [2.24, 2.45) is 4.99 Å². The minimum atomic E-state index is -0.496. The van der Waals surface area contributed by atoms with Crippen molar-refractivity contribution in [3.05, 3.63) is 40.7 Å². The molecule has 31 heavy (non-hydrogen) atoms. The zero-order valence-electron chi connectivity index (χ0n) is 16.9. The van der Waals surface area contributed by atoms with Crippen LogP contribution in [0.1, 0.15) is 17.8 Å². The molecule has 0 fully saturated rings. The number of thioether (sulfide) groups is 1. The first-order valence-electron chi connectivity index (χ1n) is 9.42. The van der Waals surface area contributed by atoms with Gasteiger partial charge in [0, 0.05) is 19.0 Å². The lowest BCUT2D eigenvalue weighted by molar-refractivity contribution is -0.128. The topological polar surface area (TPSA) is 141 Å². The van der Waals surface area contributed by atoms with Crippen molar-refractivity contribution >= 4 is 57.7 Å². The van der Waals surface area contributed by atoms with Crippen molar-refractivity contribution < 1.29 is 14.8 Å². The molecule has 0 bridgehead atoms. The Bertz CT molecular complexity index is 998. The zero-order valence-corrected chi connectivity index (χ0v) is 18.5. The molecule has 1 aromatic carbocycles. The Morgan fingerprint density at radius 1 is 1.26 bits per heavy atom. The van der Waals surface area contributed by atoms with Crippen LogP contribution in [-0.4, -0.2) is 50.5 Å². The lowest BCUT2D eigenvalue weighted by Crippen LogP contribution is -2.26. The van der Waals surface area contributed by atoms with Crippen molar-refractivity contribution in [2.75, 3.05) is 29.0 Å². The van der Waals surface area contributed by atoms with Crippen LogP contribution in [0, 0.1) is 13.8 Å². The third-order valence-corrected chi connectivity index (χ3v) is 5.69. The number of nitrogens with one attached hydrogen (secondary N) is 4. The summed E-state index contributed by atoms with van der Waals surface area (Å²) in [5, 5.41) is 18.2. The van der Waals surface area contributed by atoms with Gasteiger partial charge in [-0.1, -0.05) is 35.5 Å². The van der Waals surface area contributed by atoms with Crippen LogP contribution in [-0.2, 0) is 9.59 Å². The van der Waals surface area contributed by atoms with Crippen molar-refractivity contribution in [1.82, 2.24) is 15.4 Å². The van der Waals surface area contributed by atoms with Crippen LogP contribution in [0.15, 0.2) is 29.3 Å². The van der Waals surface area contributed by atoms with E-state index in [9.17, 15) is 9.59 Å².